The van der Waals surface area contributed by atoms with Crippen LogP contribution in [-0.4, -0.2) is 10.2 Å². The fourth-order valence-corrected chi connectivity index (χ4v) is 2.37. The number of benzene rings is 2. The maximum absolute atomic E-state index is 14.1. The zero-order valence-electron chi connectivity index (χ0n) is 9.65. The molecule has 0 aliphatic heterocycles. The maximum atomic E-state index is 14.1. The van der Waals surface area contributed by atoms with Gasteiger partial charge < -0.3 is 0 Å². The Kier molecular flexibility index (Phi) is 2.91. The molecule has 0 atom stereocenters. The molecule has 0 fully saturated rings. The van der Waals surface area contributed by atoms with Crippen molar-refractivity contribution in [2.75, 3.05) is 0 Å². The number of nitrogens with zero attached hydrogens (tertiary/aromatic N) is 1. The van der Waals surface area contributed by atoms with Crippen LogP contribution in [0.2, 0.25) is 0 Å². The Balaban J connectivity index is 2.41. The molecular formula is C14H8BrFN2O. The zero-order chi connectivity index (χ0) is 13.4. The molecule has 0 aliphatic carbocycles. The van der Waals surface area contributed by atoms with Gasteiger partial charge in [-0.1, -0.05) is 24.3 Å². The number of hydrogen-bond donors (Lipinski definition) is 1. The van der Waals surface area contributed by atoms with Crippen molar-refractivity contribution in [2.24, 2.45) is 0 Å². The van der Waals surface area contributed by atoms with Crippen molar-refractivity contribution in [3.05, 3.63) is 63.1 Å². The topological polar surface area (TPSA) is 45.8 Å². The highest BCUT2D eigenvalue weighted by molar-refractivity contribution is 9.10. The minimum atomic E-state index is -0.396. The molecule has 3 nitrogen and oxygen atoms in total. The number of H-pyrrole nitrogens is 1. The maximum Gasteiger partial charge on any atom is 0.272 e. The van der Waals surface area contributed by atoms with E-state index < -0.39 is 5.82 Å². The molecule has 1 aromatic heterocycles. The summed E-state index contributed by atoms with van der Waals surface area (Å²) in [6, 6.07) is 12.0. The summed E-state index contributed by atoms with van der Waals surface area (Å²) in [6.07, 6.45) is 0. The first-order valence-electron chi connectivity index (χ1n) is 5.60. The van der Waals surface area contributed by atoms with Crippen LogP contribution in [0.4, 0.5) is 4.39 Å². The van der Waals surface area contributed by atoms with E-state index in [9.17, 15) is 9.18 Å². The Hall–Kier alpha value is -2.01. The molecule has 0 saturated carbocycles. The number of halogens is 2. The monoisotopic (exact) mass is 318 g/mol. The van der Waals surface area contributed by atoms with Gasteiger partial charge in [0, 0.05) is 10.9 Å². The first kappa shape index (κ1) is 12.0. The number of aromatic nitrogens is 2. The van der Waals surface area contributed by atoms with Gasteiger partial charge in [0.1, 0.15) is 11.5 Å². The SMILES string of the molecule is O=c1[nH]nc(-c2cccc(Br)c2F)c2ccccc12. The van der Waals surface area contributed by atoms with Crippen LogP contribution in [0.25, 0.3) is 22.0 Å². The Morgan fingerprint density at radius 1 is 1.05 bits per heavy atom. The van der Waals surface area contributed by atoms with Crippen LogP contribution < -0.4 is 5.56 Å². The second-order valence-corrected chi connectivity index (χ2v) is 4.90. The fraction of sp³-hybridized carbons (Fsp3) is 0. The first-order chi connectivity index (χ1) is 9.18. The molecule has 0 aliphatic rings. The molecule has 19 heavy (non-hydrogen) atoms. The Labute approximate surface area is 116 Å². The summed E-state index contributed by atoms with van der Waals surface area (Å²) in [5.41, 5.74) is 0.491. The van der Waals surface area contributed by atoms with Gasteiger partial charge in [-0.3, -0.25) is 4.79 Å². The molecule has 1 heterocycles. The van der Waals surface area contributed by atoms with E-state index in [0.29, 0.717) is 26.5 Å². The molecule has 0 radical (unpaired) electrons. The second-order valence-electron chi connectivity index (χ2n) is 4.05. The van der Waals surface area contributed by atoms with Gasteiger partial charge in [0.2, 0.25) is 0 Å². The molecule has 3 rings (SSSR count). The van der Waals surface area contributed by atoms with E-state index in [1.807, 2.05) is 0 Å². The van der Waals surface area contributed by atoms with E-state index in [1.165, 1.54) is 0 Å². The molecule has 0 bridgehead atoms. The summed E-state index contributed by atoms with van der Waals surface area (Å²) in [7, 11) is 0. The minimum Gasteiger partial charge on any atom is -0.267 e. The lowest BCUT2D eigenvalue weighted by atomic mass is 10.0. The number of nitrogens with one attached hydrogen (secondary N) is 1. The summed E-state index contributed by atoms with van der Waals surface area (Å²) in [5, 5.41) is 7.50. The molecule has 0 saturated heterocycles. The normalized spacial score (nSPS) is 10.8. The number of aromatic amines is 1. The molecule has 0 unspecified atom stereocenters. The highest BCUT2D eigenvalue weighted by Crippen LogP contribution is 2.29. The van der Waals surface area contributed by atoms with Crippen LogP contribution in [0.15, 0.2) is 51.7 Å². The van der Waals surface area contributed by atoms with Crippen LogP contribution in [0.3, 0.4) is 0 Å². The van der Waals surface area contributed by atoms with Crippen molar-refractivity contribution >= 4 is 26.7 Å². The quantitative estimate of drug-likeness (QED) is 0.746. The van der Waals surface area contributed by atoms with Crippen molar-refractivity contribution in [1.82, 2.24) is 10.2 Å². The van der Waals surface area contributed by atoms with E-state index in [-0.39, 0.29) is 5.56 Å². The van der Waals surface area contributed by atoms with Gasteiger partial charge in [-0.25, -0.2) is 9.49 Å². The number of rotatable bonds is 1. The van der Waals surface area contributed by atoms with Gasteiger partial charge in [-0.05, 0) is 34.1 Å². The van der Waals surface area contributed by atoms with E-state index in [4.69, 9.17) is 0 Å². The Morgan fingerprint density at radius 2 is 1.79 bits per heavy atom. The minimum absolute atomic E-state index is 0.283. The largest absolute Gasteiger partial charge is 0.272 e. The average molecular weight is 319 g/mol. The fourth-order valence-electron chi connectivity index (χ4n) is 2.01. The van der Waals surface area contributed by atoms with Crippen LogP contribution in [0.5, 0.6) is 0 Å². The van der Waals surface area contributed by atoms with E-state index in [0.717, 1.165) is 0 Å². The summed E-state index contributed by atoms with van der Waals surface area (Å²) in [5.74, 6) is -0.396. The highest BCUT2D eigenvalue weighted by Gasteiger charge is 2.13. The predicted molar refractivity (Wildman–Crippen MR) is 75.5 cm³/mol. The third-order valence-electron chi connectivity index (χ3n) is 2.90. The van der Waals surface area contributed by atoms with E-state index >= 15 is 0 Å². The van der Waals surface area contributed by atoms with E-state index in [2.05, 4.69) is 26.1 Å². The third kappa shape index (κ3) is 1.96. The predicted octanol–water partition coefficient (Wildman–Crippen LogP) is 3.49. The lowest BCUT2D eigenvalue weighted by Gasteiger charge is -2.06. The molecule has 94 valence electrons. The summed E-state index contributed by atoms with van der Waals surface area (Å²) >= 11 is 3.15. The Bertz CT molecular complexity index is 829. The average Bonchev–Trinajstić information content (AvgIpc) is 2.43. The van der Waals surface area contributed by atoms with E-state index in [1.54, 1.807) is 42.5 Å². The van der Waals surface area contributed by atoms with Crippen molar-refractivity contribution in [1.29, 1.82) is 0 Å². The molecule has 0 spiro atoms. The van der Waals surface area contributed by atoms with Crippen molar-refractivity contribution in [3.63, 3.8) is 0 Å². The van der Waals surface area contributed by atoms with Crippen LogP contribution >= 0.6 is 15.9 Å². The van der Waals surface area contributed by atoms with Gasteiger partial charge >= 0.3 is 0 Å². The zero-order valence-corrected chi connectivity index (χ0v) is 11.2. The third-order valence-corrected chi connectivity index (χ3v) is 3.52. The molecule has 5 heteroatoms. The standard InChI is InChI=1S/C14H8BrFN2O/c15-11-7-3-6-10(12(11)16)13-8-4-1-2-5-9(8)14(19)18-17-13/h1-7H,(H,18,19). The van der Waals surface area contributed by atoms with Gasteiger partial charge in [0.15, 0.2) is 0 Å². The van der Waals surface area contributed by atoms with Crippen LogP contribution in [-0.2, 0) is 0 Å². The molecule has 1 N–H and O–H groups in total. The summed E-state index contributed by atoms with van der Waals surface area (Å²) in [4.78, 5) is 11.7. The summed E-state index contributed by atoms with van der Waals surface area (Å²) in [6.45, 7) is 0. The smallest absolute Gasteiger partial charge is 0.267 e. The first-order valence-corrected chi connectivity index (χ1v) is 6.39. The van der Waals surface area contributed by atoms with Crippen molar-refractivity contribution < 1.29 is 4.39 Å². The highest BCUT2D eigenvalue weighted by atomic mass is 79.9. The van der Waals surface area contributed by atoms with Gasteiger partial charge in [-0.15, -0.1) is 0 Å². The molecule has 2 aromatic carbocycles. The molecular weight excluding hydrogens is 311 g/mol. The lowest BCUT2D eigenvalue weighted by molar-refractivity contribution is 0.624. The lowest BCUT2D eigenvalue weighted by Crippen LogP contribution is -2.09. The number of hydrogen-bond acceptors (Lipinski definition) is 2. The van der Waals surface area contributed by atoms with Gasteiger partial charge in [0.25, 0.3) is 5.56 Å². The second kappa shape index (κ2) is 4.59. The Morgan fingerprint density at radius 3 is 2.58 bits per heavy atom. The van der Waals surface area contributed by atoms with Crippen molar-refractivity contribution in [3.8, 4) is 11.3 Å². The summed E-state index contributed by atoms with van der Waals surface area (Å²) < 4.78 is 14.5. The van der Waals surface area contributed by atoms with Gasteiger partial charge in [-0.2, -0.15) is 5.10 Å². The molecule has 3 aromatic rings. The van der Waals surface area contributed by atoms with Crippen LogP contribution in [0.1, 0.15) is 0 Å². The number of fused-ring (bicyclic) bond motifs is 1. The van der Waals surface area contributed by atoms with Gasteiger partial charge in [0.05, 0.1) is 9.86 Å². The van der Waals surface area contributed by atoms with Crippen LogP contribution in [0, 0.1) is 5.82 Å². The van der Waals surface area contributed by atoms with Crippen molar-refractivity contribution in [2.45, 2.75) is 0 Å². The molecule has 0 amide bonds.